The number of rotatable bonds is 1. The molecule has 96 valence electrons. The van der Waals surface area contributed by atoms with Crippen LogP contribution < -0.4 is 5.19 Å². The van der Waals surface area contributed by atoms with E-state index in [1.54, 1.807) is 27.4 Å². The topological polar surface area (TPSA) is 0 Å². The van der Waals surface area contributed by atoms with Crippen LogP contribution in [-0.4, -0.2) is 8.07 Å². The lowest BCUT2D eigenvalue weighted by Gasteiger charge is -2.40. The molecule has 0 fully saturated rings. The van der Waals surface area contributed by atoms with E-state index in [9.17, 15) is 0 Å². The molecule has 19 heavy (non-hydrogen) atoms. The van der Waals surface area contributed by atoms with Crippen molar-refractivity contribution in [2.75, 3.05) is 0 Å². The van der Waals surface area contributed by atoms with Crippen LogP contribution in [0.15, 0.2) is 36.4 Å². The zero-order valence-corrected chi connectivity index (χ0v) is 12.8. The monoisotopic (exact) mass is 264 g/mol. The standard InChI is InChI=1S/C18H20Si/c1-19(2)12-17-15-10-6-9-14(15)11-16(18(17)19)13-7-4-3-5-8-13/h3-5,7-8,11H,6,9-10,12H2,1-2H3. The lowest BCUT2D eigenvalue weighted by Crippen LogP contribution is -2.57. The average Bonchev–Trinajstić information content (AvgIpc) is 2.85. The van der Waals surface area contributed by atoms with Crippen LogP contribution in [-0.2, 0) is 18.9 Å². The van der Waals surface area contributed by atoms with Crippen LogP contribution in [0.2, 0.25) is 13.1 Å². The van der Waals surface area contributed by atoms with Crippen LogP contribution in [0, 0.1) is 0 Å². The number of aryl methyl sites for hydroxylation is 1. The number of hydrogen-bond donors (Lipinski definition) is 0. The molecule has 0 bridgehead atoms. The average molecular weight is 264 g/mol. The van der Waals surface area contributed by atoms with Gasteiger partial charge in [-0.3, -0.25) is 0 Å². The quantitative estimate of drug-likeness (QED) is 0.686. The molecule has 0 amide bonds. The Morgan fingerprint density at radius 3 is 2.47 bits per heavy atom. The second-order valence-electron chi connectivity index (χ2n) is 6.70. The number of benzene rings is 2. The SMILES string of the molecule is C[Si]1(C)Cc2c3c(cc(-c4ccccc4)c21)CCC3. The Hall–Kier alpha value is -1.34. The Labute approximate surface area is 116 Å². The second-order valence-corrected chi connectivity index (χ2v) is 11.3. The molecule has 1 heteroatoms. The van der Waals surface area contributed by atoms with Gasteiger partial charge >= 0.3 is 0 Å². The number of fused-ring (bicyclic) bond motifs is 3. The molecule has 0 saturated heterocycles. The van der Waals surface area contributed by atoms with Gasteiger partial charge in [-0.05, 0) is 58.3 Å². The first-order chi connectivity index (χ1) is 9.17. The van der Waals surface area contributed by atoms with Gasteiger partial charge in [-0.15, -0.1) is 0 Å². The zero-order valence-electron chi connectivity index (χ0n) is 11.8. The van der Waals surface area contributed by atoms with Crippen LogP contribution in [0.3, 0.4) is 0 Å². The van der Waals surface area contributed by atoms with Gasteiger partial charge in [0.1, 0.15) is 0 Å². The number of hydrogen-bond acceptors (Lipinski definition) is 0. The highest BCUT2D eigenvalue weighted by molar-refractivity contribution is 6.94. The van der Waals surface area contributed by atoms with Crippen LogP contribution in [0.4, 0.5) is 0 Å². The Balaban J connectivity index is 2.00. The smallest absolute Gasteiger partial charge is 0.0652 e. The summed E-state index contributed by atoms with van der Waals surface area (Å²) in [5.41, 5.74) is 8.09. The molecule has 0 unspecified atom stereocenters. The van der Waals surface area contributed by atoms with E-state index < -0.39 is 8.07 Å². The summed E-state index contributed by atoms with van der Waals surface area (Å²) in [5.74, 6) is 0. The summed E-state index contributed by atoms with van der Waals surface area (Å²) in [7, 11) is -1.14. The maximum absolute atomic E-state index is 2.53. The third-order valence-electron chi connectivity index (χ3n) is 4.89. The fraction of sp³-hybridized carbons (Fsp3) is 0.333. The van der Waals surface area contributed by atoms with Gasteiger partial charge in [-0.2, -0.15) is 0 Å². The predicted octanol–water partition coefficient (Wildman–Crippen LogP) is 3.85. The zero-order chi connectivity index (χ0) is 13.0. The van der Waals surface area contributed by atoms with E-state index in [0.29, 0.717) is 0 Å². The third-order valence-corrected chi connectivity index (χ3v) is 8.06. The molecule has 2 aliphatic rings. The van der Waals surface area contributed by atoms with Crippen LogP contribution >= 0.6 is 0 Å². The molecule has 2 aromatic carbocycles. The van der Waals surface area contributed by atoms with Crippen molar-refractivity contribution < 1.29 is 0 Å². The van der Waals surface area contributed by atoms with Crippen LogP contribution in [0.1, 0.15) is 23.1 Å². The molecule has 2 aromatic rings. The van der Waals surface area contributed by atoms with Crippen molar-refractivity contribution in [3.05, 3.63) is 53.1 Å². The van der Waals surface area contributed by atoms with Crippen molar-refractivity contribution in [3.63, 3.8) is 0 Å². The molecular formula is C18H20Si. The molecule has 4 rings (SSSR count). The minimum absolute atomic E-state index is 1.14. The van der Waals surface area contributed by atoms with Crippen molar-refractivity contribution in [1.29, 1.82) is 0 Å². The molecular weight excluding hydrogens is 244 g/mol. The Kier molecular flexibility index (Phi) is 2.31. The van der Waals surface area contributed by atoms with Crippen LogP contribution in [0.5, 0.6) is 0 Å². The first kappa shape index (κ1) is 11.5. The van der Waals surface area contributed by atoms with Crippen molar-refractivity contribution >= 4 is 13.3 Å². The van der Waals surface area contributed by atoms with E-state index in [0.717, 1.165) is 0 Å². The lowest BCUT2D eigenvalue weighted by atomic mass is 9.95. The van der Waals surface area contributed by atoms with E-state index in [-0.39, 0.29) is 0 Å². The van der Waals surface area contributed by atoms with E-state index in [2.05, 4.69) is 49.5 Å². The minimum atomic E-state index is -1.14. The predicted molar refractivity (Wildman–Crippen MR) is 84.7 cm³/mol. The van der Waals surface area contributed by atoms with Gasteiger partial charge in [0, 0.05) is 0 Å². The summed E-state index contributed by atoms with van der Waals surface area (Å²) < 4.78 is 0. The van der Waals surface area contributed by atoms with Gasteiger partial charge in [-0.1, -0.05) is 49.5 Å². The summed E-state index contributed by atoms with van der Waals surface area (Å²) >= 11 is 0. The molecule has 0 spiro atoms. The van der Waals surface area contributed by atoms with E-state index >= 15 is 0 Å². The summed E-state index contributed by atoms with van der Waals surface area (Å²) in [5, 5.41) is 1.76. The molecule has 0 saturated carbocycles. The molecule has 1 aliphatic heterocycles. The maximum Gasteiger partial charge on any atom is 0.0861 e. The summed E-state index contributed by atoms with van der Waals surface area (Å²) in [6.07, 6.45) is 3.99. The summed E-state index contributed by atoms with van der Waals surface area (Å²) in [6.45, 7) is 5.06. The Morgan fingerprint density at radius 1 is 0.947 bits per heavy atom. The maximum atomic E-state index is 2.53. The molecule has 0 radical (unpaired) electrons. The molecule has 0 nitrogen and oxygen atoms in total. The first-order valence-corrected chi connectivity index (χ1v) is 10.6. The minimum Gasteiger partial charge on any atom is -0.0652 e. The van der Waals surface area contributed by atoms with Crippen molar-refractivity contribution in [3.8, 4) is 11.1 Å². The fourth-order valence-electron chi connectivity index (χ4n) is 4.07. The largest absolute Gasteiger partial charge is 0.0861 e. The first-order valence-electron chi connectivity index (χ1n) is 7.40. The van der Waals surface area contributed by atoms with Gasteiger partial charge in [0.2, 0.25) is 0 Å². The molecule has 0 aromatic heterocycles. The van der Waals surface area contributed by atoms with Gasteiger partial charge in [-0.25, -0.2) is 0 Å². The van der Waals surface area contributed by atoms with Crippen molar-refractivity contribution in [1.82, 2.24) is 0 Å². The Morgan fingerprint density at radius 2 is 1.74 bits per heavy atom. The molecule has 1 aliphatic carbocycles. The normalized spacial score (nSPS) is 18.6. The third kappa shape index (κ3) is 1.58. The highest BCUT2D eigenvalue weighted by Crippen LogP contribution is 2.38. The van der Waals surface area contributed by atoms with E-state index in [4.69, 9.17) is 0 Å². The van der Waals surface area contributed by atoms with Gasteiger partial charge in [0.05, 0.1) is 8.07 Å². The van der Waals surface area contributed by atoms with Gasteiger partial charge in [0.25, 0.3) is 0 Å². The van der Waals surface area contributed by atoms with E-state index in [1.165, 1.54) is 30.9 Å². The highest BCUT2D eigenvalue weighted by atomic mass is 28.3. The van der Waals surface area contributed by atoms with Gasteiger partial charge < -0.3 is 0 Å². The van der Waals surface area contributed by atoms with Crippen molar-refractivity contribution in [2.24, 2.45) is 0 Å². The second kappa shape index (κ2) is 3.83. The van der Waals surface area contributed by atoms with Crippen LogP contribution in [0.25, 0.3) is 11.1 Å². The molecule has 0 atom stereocenters. The Bertz CT molecular complexity index is 653. The van der Waals surface area contributed by atoms with E-state index in [1.807, 2.05) is 0 Å². The van der Waals surface area contributed by atoms with Gasteiger partial charge in [0.15, 0.2) is 0 Å². The fourth-order valence-corrected chi connectivity index (χ4v) is 7.22. The highest BCUT2D eigenvalue weighted by Gasteiger charge is 2.41. The molecule has 0 N–H and O–H groups in total. The van der Waals surface area contributed by atoms with Crippen molar-refractivity contribution in [2.45, 2.75) is 38.4 Å². The lowest BCUT2D eigenvalue weighted by molar-refractivity contribution is 0.907. The summed E-state index contributed by atoms with van der Waals surface area (Å²) in [6, 6.07) is 14.9. The summed E-state index contributed by atoms with van der Waals surface area (Å²) in [4.78, 5) is 0. The molecule has 1 heterocycles.